The summed E-state index contributed by atoms with van der Waals surface area (Å²) in [7, 11) is 1.36. The number of nitrogens with zero attached hydrogens (tertiary/aromatic N) is 2. The molecule has 0 aliphatic heterocycles. The second-order valence-electron chi connectivity index (χ2n) is 6.29. The van der Waals surface area contributed by atoms with Gasteiger partial charge in [0, 0.05) is 17.6 Å². The fourth-order valence-electron chi connectivity index (χ4n) is 3.02. The predicted octanol–water partition coefficient (Wildman–Crippen LogP) is 3.38. The van der Waals surface area contributed by atoms with Gasteiger partial charge in [0.1, 0.15) is 10.7 Å². The molecule has 0 saturated carbocycles. The Morgan fingerprint density at radius 3 is 2.48 bits per heavy atom. The Labute approximate surface area is 161 Å². The van der Waals surface area contributed by atoms with Crippen molar-refractivity contribution in [3.8, 4) is 0 Å². The van der Waals surface area contributed by atoms with Crippen LogP contribution in [0, 0.1) is 20.8 Å². The van der Waals surface area contributed by atoms with Gasteiger partial charge in [-0.15, -0.1) is 11.3 Å². The molecule has 2 aromatic heterocycles. The van der Waals surface area contributed by atoms with E-state index < -0.39 is 0 Å². The van der Waals surface area contributed by atoms with Gasteiger partial charge in [-0.2, -0.15) is 0 Å². The standard InChI is InChI=1S/C20H21N3O3S/c1-11-16-12(2)22-13(3)23-19(16)27-17(11)18(24)21-10-9-14-5-7-15(8-6-14)20(25)26-4/h5-8H,9-10H2,1-4H3,(H,21,24). The molecule has 6 nitrogen and oxygen atoms in total. The molecule has 2 heterocycles. The minimum absolute atomic E-state index is 0.0984. The highest BCUT2D eigenvalue weighted by Gasteiger charge is 2.18. The van der Waals surface area contributed by atoms with Crippen LogP contribution in [0.15, 0.2) is 24.3 Å². The number of aromatic nitrogens is 2. The fourth-order valence-corrected chi connectivity index (χ4v) is 4.21. The molecule has 1 N–H and O–H groups in total. The number of fused-ring (bicyclic) bond motifs is 1. The van der Waals surface area contributed by atoms with Crippen LogP contribution in [0.2, 0.25) is 0 Å². The summed E-state index contributed by atoms with van der Waals surface area (Å²) >= 11 is 1.40. The molecule has 0 aliphatic carbocycles. The van der Waals surface area contributed by atoms with Crippen LogP contribution >= 0.6 is 11.3 Å². The summed E-state index contributed by atoms with van der Waals surface area (Å²) in [6.07, 6.45) is 0.676. The smallest absolute Gasteiger partial charge is 0.337 e. The van der Waals surface area contributed by atoms with Gasteiger partial charge >= 0.3 is 5.97 Å². The van der Waals surface area contributed by atoms with Gasteiger partial charge in [0.15, 0.2) is 0 Å². The van der Waals surface area contributed by atoms with Gasteiger partial charge < -0.3 is 10.1 Å². The molecular formula is C20H21N3O3S. The number of carbonyl (C=O) groups is 2. The van der Waals surface area contributed by atoms with Crippen LogP contribution in [0.4, 0.5) is 0 Å². The molecule has 0 fully saturated rings. The summed E-state index contributed by atoms with van der Waals surface area (Å²) in [5, 5.41) is 3.93. The number of rotatable bonds is 5. The van der Waals surface area contributed by atoms with Crippen molar-refractivity contribution in [1.29, 1.82) is 0 Å². The average molecular weight is 383 g/mol. The van der Waals surface area contributed by atoms with Crippen LogP contribution in [0.25, 0.3) is 10.2 Å². The van der Waals surface area contributed by atoms with Gasteiger partial charge in [-0.1, -0.05) is 12.1 Å². The molecule has 27 heavy (non-hydrogen) atoms. The fraction of sp³-hybridized carbons (Fsp3) is 0.300. The molecule has 3 aromatic rings. The highest BCUT2D eigenvalue weighted by molar-refractivity contribution is 7.20. The van der Waals surface area contributed by atoms with Crippen molar-refractivity contribution in [1.82, 2.24) is 15.3 Å². The Morgan fingerprint density at radius 2 is 1.81 bits per heavy atom. The van der Waals surface area contributed by atoms with Gasteiger partial charge in [0.05, 0.1) is 17.6 Å². The highest BCUT2D eigenvalue weighted by Crippen LogP contribution is 2.31. The number of methoxy groups -OCH3 is 1. The maximum absolute atomic E-state index is 12.6. The Kier molecular flexibility index (Phi) is 5.51. The molecular weight excluding hydrogens is 362 g/mol. The summed E-state index contributed by atoms with van der Waals surface area (Å²) < 4.78 is 4.69. The monoisotopic (exact) mass is 383 g/mol. The quantitative estimate of drug-likeness (QED) is 0.683. The number of hydrogen-bond donors (Lipinski definition) is 1. The van der Waals surface area contributed by atoms with Gasteiger partial charge in [-0.05, 0) is 50.5 Å². The Bertz CT molecular complexity index is 1010. The minimum Gasteiger partial charge on any atom is -0.465 e. The Hall–Kier alpha value is -2.80. The molecule has 1 aromatic carbocycles. The van der Waals surface area contributed by atoms with E-state index in [-0.39, 0.29) is 11.9 Å². The van der Waals surface area contributed by atoms with Crippen molar-refractivity contribution < 1.29 is 14.3 Å². The van der Waals surface area contributed by atoms with E-state index in [1.165, 1.54) is 18.4 Å². The molecule has 1 amide bonds. The van der Waals surface area contributed by atoms with Gasteiger partial charge in [0.2, 0.25) is 0 Å². The minimum atomic E-state index is -0.358. The lowest BCUT2D eigenvalue weighted by molar-refractivity contribution is 0.0600. The van der Waals surface area contributed by atoms with E-state index in [1.807, 2.05) is 32.9 Å². The average Bonchev–Trinajstić information content (AvgIpc) is 2.98. The van der Waals surface area contributed by atoms with Crippen molar-refractivity contribution in [3.63, 3.8) is 0 Å². The first kappa shape index (κ1) is 19.0. The lowest BCUT2D eigenvalue weighted by Crippen LogP contribution is -2.25. The summed E-state index contributed by atoms with van der Waals surface area (Å²) in [5.41, 5.74) is 3.37. The van der Waals surface area contributed by atoms with E-state index in [0.717, 1.165) is 27.0 Å². The van der Waals surface area contributed by atoms with Crippen LogP contribution < -0.4 is 5.32 Å². The summed E-state index contributed by atoms with van der Waals surface area (Å²) in [5.74, 6) is 0.256. The third kappa shape index (κ3) is 3.98. The maximum Gasteiger partial charge on any atom is 0.337 e. The number of ether oxygens (including phenoxy) is 1. The molecule has 0 atom stereocenters. The zero-order chi connectivity index (χ0) is 19.6. The number of aryl methyl sites for hydroxylation is 3. The number of thiophene rings is 1. The van der Waals surface area contributed by atoms with Crippen molar-refractivity contribution in [2.24, 2.45) is 0 Å². The highest BCUT2D eigenvalue weighted by atomic mass is 32.1. The molecule has 0 spiro atoms. The van der Waals surface area contributed by atoms with Crippen molar-refractivity contribution in [3.05, 3.63) is 57.4 Å². The lowest BCUT2D eigenvalue weighted by Gasteiger charge is -2.06. The summed E-state index contributed by atoms with van der Waals surface area (Å²) in [6, 6.07) is 7.18. The molecule has 3 rings (SSSR count). The molecule has 140 valence electrons. The van der Waals surface area contributed by atoms with Gasteiger partial charge in [-0.25, -0.2) is 14.8 Å². The van der Waals surface area contributed by atoms with E-state index in [4.69, 9.17) is 0 Å². The second-order valence-corrected chi connectivity index (χ2v) is 7.29. The lowest BCUT2D eigenvalue weighted by atomic mass is 10.1. The van der Waals surface area contributed by atoms with E-state index in [2.05, 4.69) is 20.0 Å². The number of hydrogen-bond acceptors (Lipinski definition) is 6. The van der Waals surface area contributed by atoms with E-state index in [9.17, 15) is 9.59 Å². The van der Waals surface area contributed by atoms with Crippen LogP contribution in [0.3, 0.4) is 0 Å². The number of amides is 1. The second kappa shape index (κ2) is 7.84. The molecule has 0 aliphatic rings. The first-order valence-electron chi connectivity index (χ1n) is 8.60. The number of benzene rings is 1. The molecule has 0 bridgehead atoms. The normalized spacial score (nSPS) is 10.8. The van der Waals surface area contributed by atoms with E-state index in [1.54, 1.807) is 12.1 Å². The zero-order valence-corrected chi connectivity index (χ0v) is 16.6. The molecule has 0 radical (unpaired) electrons. The maximum atomic E-state index is 12.6. The largest absolute Gasteiger partial charge is 0.465 e. The van der Waals surface area contributed by atoms with Crippen molar-refractivity contribution >= 4 is 33.4 Å². The summed E-state index contributed by atoms with van der Waals surface area (Å²) in [4.78, 5) is 34.4. The van der Waals surface area contributed by atoms with Crippen molar-refractivity contribution in [2.45, 2.75) is 27.2 Å². The Morgan fingerprint density at radius 1 is 1.11 bits per heavy atom. The first-order chi connectivity index (χ1) is 12.9. The van der Waals surface area contributed by atoms with Crippen molar-refractivity contribution in [2.75, 3.05) is 13.7 Å². The van der Waals surface area contributed by atoms with Crippen LogP contribution in [-0.2, 0) is 11.2 Å². The predicted molar refractivity (Wildman–Crippen MR) is 105 cm³/mol. The topological polar surface area (TPSA) is 81.2 Å². The van der Waals surface area contributed by atoms with E-state index in [0.29, 0.717) is 29.2 Å². The SMILES string of the molecule is COC(=O)c1ccc(CCNC(=O)c2sc3nc(C)nc(C)c3c2C)cc1. The third-order valence-corrected chi connectivity index (χ3v) is 5.55. The van der Waals surface area contributed by atoms with Crippen LogP contribution in [0.1, 0.15) is 42.7 Å². The molecule has 7 heteroatoms. The van der Waals surface area contributed by atoms with Crippen LogP contribution in [-0.4, -0.2) is 35.5 Å². The number of esters is 1. The summed E-state index contributed by atoms with van der Waals surface area (Å²) in [6.45, 7) is 6.24. The molecule has 0 unspecified atom stereocenters. The van der Waals surface area contributed by atoms with E-state index >= 15 is 0 Å². The number of nitrogens with one attached hydrogen (secondary N) is 1. The van der Waals surface area contributed by atoms with Gasteiger partial charge in [0.25, 0.3) is 5.91 Å². The van der Waals surface area contributed by atoms with Crippen LogP contribution in [0.5, 0.6) is 0 Å². The first-order valence-corrected chi connectivity index (χ1v) is 9.42. The number of carbonyl (C=O) groups excluding carboxylic acids is 2. The Balaban J connectivity index is 1.66. The third-order valence-electron chi connectivity index (χ3n) is 4.36. The zero-order valence-electron chi connectivity index (χ0n) is 15.8. The van der Waals surface area contributed by atoms with Gasteiger partial charge in [-0.3, -0.25) is 4.79 Å². The molecule has 0 saturated heterocycles.